The monoisotopic (exact) mass is 436 g/mol. The summed E-state index contributed by atoms with van der Waals surface area (Å²) in [6.07, 6.45) is 0.876. The minimum Gasteiger partial charge on any atom is -0.332 e. The van der Waals surface area contributed by atoms with E-state index in [1.165, 1.54) is 28.0 Å². The molecule has 1 saturated heterocycles. The molecule has 4 nitrogen and oxygen atoms in total. The zero-order valence-electron chi connectivity index (χ0n) is 16.6. The number of piperazine rings is 1. The number of aryl methyl sites for hydroxylation is 1. The smallest absolute Gasteiger partial charge is 0.264 e. The molecule has 0 saturated carbocycles. The Hall–Kier alpha value is -2.63. The molecule has 1 atom stereocenters. The summed E-state index contributed by atoms with van der Waals surface area (Å²) in [5.74, 6) is -0.0574. The maximum atomic E-state index is 13.2. The average molecular weight is 437 g/mol. The van der Waals surface area contributed by atoms with Crippen molar-refractivity contribution >= 4 is 34.8 Å². The van der Waals surface area contributed by atoms with Gasteiger partial charge in [0.1, 0.15) is 6.54 Å². The van der Waals surface area contributed by atoms with Gasteiger partial charge in [-0.25, -0.2) is 0 Å². The van der Waals surface area contributed by atoms with Crippen LogP contribution in [0.15, 0.2) is 54.6 Å². The van der Waals surface area contributed by atoms with E-state index in [2.05, 4.69) is 25.1 Å². The highest BCUT2D eigenvalue weighted by molar-refractivity contribution is 7.17. The van der Waals surface area contributed by atoms with Crippen LogP contribution in [-0.2, 0) is 11.2 Å². The van der Waals surface area contributed by atoms with Gasteiger partial charge in [0.05, 0.1) is 10.9 Å². The molecule has 1 aromatic heterocycles. The molecule has 2 aromatic carbocycles. The van der Waals surface area contributed by atoms with Crippen molar-refractivity contribution in [3.63, 3.8) is 0 Å². The Kier molecular flexibility index (Phi) is 4.88. The molecule has 5 rings (SSSR count). The molecule has 2 aliphatic heterocycles. The summed E-state index contributed by atoms with van der Waals surface area (Å²) < 4.78 is 0. The lowest BCUT2D eigenvalue weighted by Crippen LogP contribution is -2.55. The van der Waals surface area contributed by atoms with Gasteiger partial charge in [0.15, 0.2) is 0 Å². The predicted molar refractivity (Wildman–Crippen MR) is 120 cm³/mol. The molecule has 2 aliphatic rings. The lowest BCUT2D eigenvalue weighted by Gasteiger charge is -2.44. The van der Waals surface area contributed by atoms with Gasteiger partial charge >= 0.3 is 0 Å². The van der Waals surface area contributed by atoms with Crippen molar-refractivity contribution in [2.24, 2.45) is 0 Å². The number of rotatable bonds is 2. The van der Waals surface area contributed by atoms with Crippen molar-refractivity contribution in [3.05, 3.63) is 81.2 Å². The number of carbonyl (C=O) groups is 2. The highest BCUT2D eigenvalue weighted by atomic mass is 35.5. The summed E-state index contributed by atoms with van der Waals surface area (Å²) in [5.41, 5.74) is 4.68. The Morgan fingerprint density at radius 2 is 2.00 bits per heavy atom. The first-order chi connectivity index (χ1) is 14.5. The van der Waals surface area contributed by atoms with Crippen LogP contribution < -0.4 is 0 Å². The molecular formula is C24H21ClN2O2S. The number of fused-ring (bicyclic) bond motifs is 3. The second kappa shape index (κ2) is 7.56. The van der Waals surface area contributed by atoms with Crippen LogP contribution in [-0.4, -0.2) is 41.2 Å². The van der Waals surface area contributed by atoms with E-state index in [1.807, 2.05) is 41.3 Å². The van der Waals surface area contributed by atoms with Crippen molar-refractivity contribution in [1.82, 2.24) is 9.80 Å². The number of thiophene rings is 1. The third kappa shape index (κ3) is 3.42. The topological polar surface area (TPSA) is 40.6 Å². The molecule has 0 N–H and O–H groups in total. The molecule has 1 unspecified atom stereocenters. The zero-order valence-corrected chi connectivity index (χ0v) is 18.2. The molecule has 1 fully saturated rings. The molecule has 3 heterocycles. The summed E-state index contributed by atoms with van der Waals surface area (Å²) in [6.45, 7) is 3.48. The average Bonchev–Trinajstić information content (AvgIpc) is 3.23. The first-order valence-electron chi connectivity index (χ1n) is 10.0. The first-order valence-corrected chi connectivity index (χ1v) is 11.2. The number of hydrogen-bond donors (Lipinski definition) is 0. The van der Waals surface area contributed by atoms with Crippen LogP contribution in [0.4, 0.5) is 0 Å². The number of carbonyl (C=O) groups excluding carboxylic acids is 2. The molecule has 6 heteroatoms. The Balaban J connectivity index is 1.41. The van der Waals surface area contributed by atoms with E-state index in [-0.39, 0.29) is 24.4 Å². The molecule has 0 radical (unpaired) electrons. The van der Waals surface area contributed by atoms with Crippen LogP contribution in [0.25, 0.3) is 10.4 Å². The van der Waals surface area contributed by atoms with Gasteiger partial charge in [0.2, 0.25) is 5.91 Å². The van der Waals surface area contributed by atoms with Gasteiger partial charge in [-0.2, -0.15) is 0 Å². The number of halogens is 1. The van der Waals surface area contributed by atoms with E-state index in [0.29, 0.717) is 16.4 Å². The van der Waals surface area contributed by atoms with Crippen molar-refractivity contribution < 1.29 is 9.59 Å². The van der Waals surface area contributed by atoms with Gasteiger partial charge in [-0.1, -0.05) is 47.5 Å². The van der Waals surface area contributed by atoms with E-state index in [0.717, 1.165) is 23.4 Å². The second-order valence-corrected chi connectivity index (χ2v) is 9.44. The summed E-state index contributed by atoms with van der Waals surface area (Å²) in [5, 5.41) is 0.668. The van der Waals surface area contributed by atoms with Gasteiger partial charge < -0.3 is 9.80 Å². The second-order valence-electron chi connectivity index (χ2n) is 7.92. The van der Waals surface area contributed by atoms with Crippen molar-refractivity contribution in [2.75, 3.05) is 19.6 Å². The number of hydrogen-bond acceptors (Lipinski definition) is 3. The third-order valence-electron chi connectivity index (χ3n) is 5.91. The highest BCUT2D eigenvalue weighted by Gasteiger charge is 2.38. The highest BCUT2D eigenvalue weighted by Crippen LogP contribution is 2.35. The van der Waals surface area contributed by atoms with Crippen LogP contribution in [0.5, 0.6) is 0 Å². The van der Waals surface area contributed by atoms with E-state index >= 15 is 0 Å². The SMILES string of the molecule is Cc1ccc2c(c1)CCN1C(=O)CN(C(=O)c3ccc(-c4cccc(Cl)c4)s3)CC21. The predicted octanol–water partition coefficient (Wildman–Crippen LogP) is 4.96. The van der Waals surface area contributed by atoms with Gasteiger partial charge in [-0.05, 0) is 54.3 Å². The van der Waals surface area contributed by atoms with Crippen LogP contribution in [0, 0.1) is 6.92 Å². The molecule has 0 bridgehead atoms. The largest absolute Gasteiger partial charge is 0.332 e. The van der Waals surface area contributed by atoms with Gasteiger partial charge in [0.25, 0.3) is 5.91 Å². The summed E-state index contributed by atoms with van der Waals surface area (Å²) in [7, 11) is 0. The van der Waals surface area contributed by atoms with Crippen molar-refractivity contribution in [2.45, 2.75) is 19.4 Å². The molecule has 0 spiro atoms. The third-order valence-corrected chi connectivity index (χ3v) is 7.27. The maximum Gasteiger partial charge on any atom is 0.264 e. The van der Waals surface area contributed by atoms with Gasteiger partial charge in [0, 0.05) is 23.0 Å². The summed E-state index contributed by atoms with van der Waals surface area (Å²) in [4.78, 5) is 31.3. The lowest BCUT2D eigenvalue weighted by atomic mass is 9.89. The minimum absolute atomic E-state index is 0.0254. The number of benzene rings is 2. The molecular weight excluding hydrogens is 416 g/mol. The van der Waals surface area contributed by atoms with E-state index in [4.69, 9.17) is 11.6 Å². The van der Waals surface area contributed by atoms with E-state index < -0.39 is 0 Å². The molecule has 30 heavy (non-hydrogen) atoms. The fourth-order valence-electron chi connectivity index (χ4n) is 4.42. The summed E-state index contributed by atoms with van der Waals surface area (Å²) >= 11 is 7.54. The lowest BCUT2D eigenvalue weighted by molar-refractivity contribution is -0.139. The Bertz CT molecular complexity index is 1160. The van der Waals surface area contributed by atoms with Gasteiger partial charge in [-0.3, -0.25) is 9.59 Å². The number of amides is 2. The quantitative estimate of drug-likeness (QED) is 0.569. The van der Waals surface area contributed by atoms with Crippen LogP contribution in [0.3, 0.4) is 0 Å². The fraction of sp³-hybridized carbons (Fsp3) is 0.250. The Morgan fingerprint density at radius 1 is 1.13 bits per heavy atom. The van der Waals surface area contributed by atoms with Crippen LogP contribution in [0.1, 0.15) is 32.4 Å². The van der Waals surface area contributed by atoms with E-state index in [1.54, 1.807) is 4.90 Å². The zero-order chi connectivity index (χ0) is 20.8. The maximum absolute atomic E-state index is 13.2. The van der Waals surface area contributed by atoms with E-state index in [9.17, 15) is 9.59 Å². The summed E-state index contributed by atoms with van der Waals surface area (Å²) in [6, 6.07) is 17.7. The number of nitrogens with zero attached hydrogens (tertiary/aromatic N) is 2. The Morgan fingerprint density at radius 3 is 2.83 bits per heavy atom. The normalized spacial score (nSPS) is 18.2. The molecule has 0 aliphatic carbocycles. The van der Waals surface area contributed by atoms with Crippen LogP contribution >= 0.6 is 22.9 Å². The first kappa shape index (κ1) is 19.3. The van der Waals surface area contributed by atoms with Crippen molar-refractivity contribution in [1.29, 1.82) is 0 Å². The van der Waals surface area contributed by atoms with Crippen molar-refractivity contribution in [3.8, 4) is 10.4 Å². The fourth-order valence-corrected chi connectivity index (χ4v) is 5.58. The van der Waals surface area contributed by atoms with Gasteiger partial charge in [-0.15, -0.1) is 11.3 Å². The minimum atomic E-state index is -0.0829. The standard InChI is InChI=1S/C24H21ClN2O2S/c1-15-5-6-19-16(11-15)9-10-27-20(19)13-26(14-23(27)28)24(29)22-8-7-21(30-22)17-3-2-4-18(25)12-17/h2-8,11-12,20H,9-10,13-14H2,1H3. The molecule has 3 aromatic rings. The molecule has 152 valence electrons. The Labute approximate surface area is 184 Å². The molecule has 2 amide bonds. The van der Waals surface area contributed by atoms with Crippen LogP contribution in [0.2, 0.25) is 5.02 Å².